The van der Waals surface area contributed by atoms with Crippen LogP contribution in [-0.2, 0) is 0 Å². The lowest BCUT2D eigenvalue weighted by Crippen LogP contribution is -1.98. The predicted molar refractivity (Wildman–Crippen MR) is 161 cm³/mol. The van der Waals surface area contributed by atoms with Gasteiger partial charge in [-0.2, -0.15) is 5.26 Å². The van der Waals surface area contributed by atoms with Crippen LogP contribution in [0.25, 0.3) is 71.8 Å². The highest BCUT2D eigenvalue weighted by Gasteiger charge is 2.21. The van der Waals surface area contributed by atoms with Crippen LogP contribution in [0.1, 0.15) is 5.69 Å². The zero-order valence-corrected chi connectivity index (χ0v) is 21.4. The van der Waals surface area contributed by atoms with Crippen molar-refractivity contribution in [1.29, 1.82) is 5.26 Å². The third-order valence-electron chi connectivity index (χ3n) is 7.68. The first-order valence-electron chi connectivity index (χ1n) is 13.2. The molecule has 3 heterocycles. The van der Waals surface area contributed by atoms with Crippen LogP contribution in [0.3, 0.4) is 0 Å². The van der Waals surface area contributed by atoms with E-state index in [-0.39, 0.29) is 0 Å². The minimum Gasteiger partial charge on any atom is -0.455 e. The molecule has 0 fully saturated rings. The Labute approximate surface area is 230 Å². The lowest BCUT2D eigenvalue weighted by Gasteiger charge is -2.16. The summed E-state index contributed by atoms with van der Waals surface area (Å²) in [5.41, 5.74) is 9.34. The molecule has 0 amide bonds. The van der Waals surface area contributed by atoms with Crippen LogP contribution >= 0.6 is 0 Å². The number of benzene rings is 5. The monoisotopic (exact) mass is 511 g/mol. The van der Waals surface area contributed by atoms with Crippen LogP contribution in [0, 0.1) is 11.3 Å². The van der Waals surface area contributed by atoms with Crippen molar-refractivity contribution in [3.05, 3.63) is 133 Å². The van der Waals surface area contributed by atoms with Crippen molar-refractivity contribution in [3.63, 3.8) is 0 Å². The fourth-order valence-corrected chi connectivity index (χ4v) is 5.98. The van der Waals surface area contributed by atoms with E-state index < -0.39 is 0 Å². The standard InChI is InChI=1S/C36H21N3O/c37-22-23-10-9-16-30(38-23)25-12-2-1-11-24(25)26-13-3-6-17-31(26)39-32-18-7-4-15-29(32)35-33(39)21-20-28-27-14-5-8-19-34(27)40-36(28)35/h1-21H. The van der Waals surface area contributed by atoms with Crippen LogP contribution in [0.15, 0.2) is 132 Å². The molecule has 5 aromatic carbocycles. The van der Waals surface area contributed by atoms with Crippen molar-refractivity contribution in [2.45, 2.75) is 0 Å². The number of furan rings is 1. The molecule has 0 unspecified atom stereocenters. The molecule has 186 valence electrons. The molecule has 4 heteroatoms. The van der Waals surface area contributed by atoms with Crippen molar-refractivity contribution in [3.8, 4) is 34.1 Å². The van der Waals surface area contributed by atoms with Gasteiger partial charge in [0, 0.05) is 27.3 Å². The van der Waals surface area contributed by atoms with Gasteiger partial charge in [-0.05, 0) is 48.0 Å². The highest BCUT2D eigenvalue weighted by molar-refractivity contribution is 6.24. The van der Waals surface area contributed by atoms with E-state index in [1.54, 1.807) is 6.07 Å². The van der Waals surface area contributed by atoms with Crippen LogP contribution < -0.4 is 0 Å². The summed E-state index contributed by atoms with van der Waals surface area (Å²) in [5, 5.41) is 14.0. The Bertz CT molecular complexity index is 2300. The molecule has 0 bridgehead atoms. The summed E-state index contributed by atoms with van der Waals surface area (Å²) in [6.45, 7) is 0. The van der Waals surface area contributed by atoms with Gasteiger partial charge in [0.15, 0.2) is 0 Å². The van der Waals surface area contributed by atoms with E-state index in [4.69, 9.17) is 4.42 Å². The third kappa shape index (κ3) is 3.22. The Morgan fingerprint density at radius 1 is 0.575 bits per heavy atom. The Balaban J connectivity index is 1.45. The molecule has 4 nitrogen and oxygen atoms in total. The lowest BCUT2D eigenvalue weighted by molar-refractivity contribution is 0.673. The van der Waals surface area contributed by atoms with Gasteiger partial charge in [-0.15, -0.1) is 0 Å². The van der Waals surface area contributed by atoms with Crippen molar-refractivity contribution in [2.24, 2.45) is 0 Å². The van der Waals surface area contributed by atoms with Crippen molar-refractivity contribution in [2.75, 3.05) is 0 Å². The van der Waals surface area contributed by atoms with E-state index in [0.29, 0.717) is 5.69 Å². The van der Waals surface area contributed by atoms with Gasteiger partial charge in [-0.1, -0.05) is 84.9 Å². The molecule has 0 saturated carbocycles. The Hall–Kier alpha value is -5.66. The summed E-state index contributed by atoms with van der Waals surface area (Å²) >= 11 is 0. The predicted octanol–water partition coefficient (Wildman–Crippen LogP) is 9.28. The van der Waals surface area contributed by atoms with Gasteiger partial charge >= 0.3 is 0 Å². The fraction of sp³-hybridized carbons (Fsp3) is 0. The second-order valence-corrected chi connectivity index (χ2v) is 9.87. The number of hydrogen-bond acceptors (Lipinski definition) is 3. The summed E-state index contributed by atoms with van der Waals surface area (Å²) in [7, 11) is 0. The van der Waals surface area contributed by atoms with Crippen molar-refractivity contribution < 1.29 is 4.42 Å². The molecule has 0 aliphatic rings. The SMILES string of the molecule is N#Cc1cccc(-c2ccccc2-c2ccccc2-n2c3ccccc3c3c4oc5ccccc5c4ccc32)n1. The maximum absolute atomic E-state index is 9.46. The molecular formula is C36H21N3O. The second-order valence-electron chi connectivity index (χ2n) is 9.87. The van der Waals surface area contributed by atoms with Crippen LogP contribution in [0.5, 0.6) is 0 Å². The number of hydrogen-bond donors (Lipinski definition) is 0. The summed E-state index contributed by atoms with van der Waals surface area (Å²) in [6.07, 6.45) is 0. The smallest absolute Gasteiger partial charge is 0.145 e. The molecule has 8 aromatic rings. The van der Waals surface area contributed by atoms with Gasteiger partial charge in [-0.3, -0.25) is 0 Å². The minimum absolute atomic E-state index is 0.401. The number of para-hydroxylation sites is 3. The minimum atomic E-state index is 0.401. The summed E-state index contributed by atoms with van der Waals surface area (Å²) in [4.78, 5) is 4.61. The Kier molecular flexibility index (Phi) is 4.85. The van der Waals surface area contributed by atoms with Gasteiger partial charge in [-0.25, -0.2) is 4.98 Å². The van der Waals surface area contributed by atoms with Gasteiger partial charge in [0.05, 0.1) is 27.8 Å². The maximum Gasteiger partial charge on any atom is 0.145 e. The molecule has 0 spiro atoms. The number of aromatic nitrogens is 2. The van der Waals surface area contributed by atoms with Gasteiger partial charge in [0.2, 0.25) is 0 Å². The molecular weight excluding hydrogens is 490 g/mol. The van der Waals surface area contributed by atoms with Gasteiger partial charge in [0.1, 0.15) is 22.9 Å². The molecule has 0 atom stereocenters. The molecule has 3 aromatic heterocycles. The zero-order valence-electron chi connectivity index (χ0n) is 21.4. The highest BCUT2D eigenvalue weighted by Crippen LogP contribution is 2.43. The quantitative estimate of drug-likeness (QED) is 0.237. The first-order valence-corrected chi connectivity index (χ1v) is 13.2. The molecule has 8 rings (SSSR count). The largest absolute Gasteiger partial charge is 0.455 e. The molecule has 0 radical (unpaired) electrons. The van der Waals surface area contributed by atoms with E-state index in [1.807, 2.05) is 36.4 Å². The van der Waals surface area contributed by atoms with E-state index in [1.165, 1.54) is 0 Å². The first-order chi connectivity index (χ1) is 19.8. The number of nitrogens with zero attached hydrogens (tertiary/aromatic N) is 3. The normalized spacial score (nSPS) is 11.5. The van der Waals surface area contributed by atoms with Crippen molar-refractivity contribution in [1.82, 2.24) is 9.55 Å². The summed E-state index contributed by atoms with van der Waals surface area (Å²) in [5.74, 6) is 0. The maximum atomic E-state index is 9.46. The van der Waals surface area contributed by atoms with Crippen LogP contribution in [0.2, 0.25) is 0 Å². The van der Waals surface area contributed by atoms with Crippen molar-refractivity contribution >= 4 is 43.7 Å². The Morgan fingerprint density at radius 3 is 2.17 bits per heavy atom. The summed E-state index contributed by atoms with van der Waals surface area (Å²) in [6, 6.07) is 45.6. The highest BCUT2D eigenvalue weighted by atomic mass is 16.3. The number of rotatable bonds is 3. The lowest BCUT2D eigenvalue weighted by atomic mass is 9.95. The summed E-state index contributed by atoms with van der Waals surface area (Å²) < 4.78 is 8.82. The van der Waals surface area contributed by atoms with E-state index in [9.17, 15) is 5.26 Å². The fourth-order valence-electron chi connectivity index (χ4n) is 5.98. The molecule has 40 heavy (non-hydrogen) atoms. The van der Waals surface area contributed by atoms with Gasteiger partial charge < -0.3 is 8.98 Å². The number of pyridine rings is 1. The van der Waals surface area contributed by atoms with E-state index in [0.717, 1.165) is 71.8 Å². The molecule has 0 aliphatic carbocycles. The van der Waals surface area contributed by atoms with E-state index >= 15 is 0 Å². The first kappa shape index (κ1) is 22.3. The second kappa shape index (κ2) is 8.69. The Morgan fingerprint density at radius 2 is 1.30 bits per heavy atom. The zero-order chi connectivity index (χ0) is 26.6. The van der Waals surface area contributed by atoms with Crippen LogP contribution in [0.4, 0.5) is 0 Å². The number of fused-ring (bicyclic) bond motifs is 7. The van der Waals surface area contributed by atoms with Crippen LogP contribution in [-0.4, -0.2) is 9.55 Å². The number of nitriles is 1. The average Bonchev–Trinajstić information content (AvgIpc) is 3.57. The molecule has 0 aliphatic heterocycles. The third-order valence-corrected chi connectivity index (χ3v) is 7.68. The van der Waals surface area contributed by atoms with E-state index in [2.05, 4.69) is 101 Å². The molecule has 0 N–H and O–H groups in total. The average molecular weight is 512 g/mol. The molecule has 0 saturated heterocycles. The van der Waals surface area contributed by atoms with Gasteiger partial charge in [0.25, 0.3) is 0 Å². The topological polar surface area (TPSA) is 54.8 Å².